The molecule has 0 radical (unpaired) electrons. The van der Waals surface area contributed by atoms with E-state index in [1.165, 1.54) is 0 Å². The molecule has 0 unspecified atom stereocenters. The summed E-state index contributed by atoms with van der Waals surface area (Å²) in [6, 6.07) is 20.9. The first kappa shape index (κ1) is 15.8. The molecule has 0 saturated heterocycles. The Bertz CT molecular complexity index is 847. The molecule has 0 aliphatic heterocycles. The van der Waals surface area contributed by atoms with Crippen molar-refractivity contribution >= 4 is 16.5 Å². The van der Waals surface area contributed by atoms with Crippen LogP contribution in [-0.2, 0) is 0 Å². The SMILES string of the molecule is COc1ccc(N[C@@H](C[N+](=O)[O-])c2ccc3ccccc3c2)cc1. The number of nitrogens with zero attached hydrogens (tertiary/aromatic N) is 1. The van der Waals surface area contributed by atoms with Crippen LogP contribution in [0.5, 0.6) is 5.75 Å². The fraction of sp³-hybridized carbons (Fsp3) is 0.158. The van der Waals surface area contributed by atoms with Crippen molar-refractivity contribution < 1.29 is 9.66 Å². The Hall–Kier alpha value is -3.08. The van der Waals surface area contributed by atoms with Gasteiger partial charge in [-0.2, -0.15) is 0 Å². The van der Waals surface area contributed by atoms with Crippen molar-refractivity contribution in [2.75, 3.05) is 19.0 Å². The van der Waals surface area contributed by atoms with Crippen LogP contribution in [0.2, 0.25) is 0 Å². The summed E-state index contributed by atoms with van der Waals surface area (Å²) in [6.07, 6.45) is 0. The van der Waals surface area contributed by atoms with Crippen LogP contribution in [0.3, 0.4) is 0 Å². The van der Waals surface area contributed by atoms with Crippen molar-refractivity contribution in [2.45, 2.75) is 6.04 Å². The molecule has 0 amide bonds. The average molecular weight is 322 g/mol. The lowest BCUT2D eigenvalue weighted by Crippen LogP contribution is -2.20. The van der Waals surface area contributed by atoms with E-state index in [-0.39, 0.29) is 11.5 Å². The number of fused-ring (bicyclic) bond motifs is 1. The number of hydrogen-bond donors (Lipinski definition) is 1. The van der Waals surface area contributed by atoms with E-state index in [4.69, 9.17) is 4.74 Å². The second-order valence-electron chi connectivity index (χ2n) is 5.55. The average Bonchev–Trinajstić information content (AvgIpc) is 2.61. The normalized spacial score (nSPS) is 11.9. The van der Waals surface area contributed by atoms with Crippen LogP contribution in [0.25, 0.3) is 10.8 Å². The van der Waals surface area contributed by atoms with Crippen molar-refractivity contribution in [1.82, 2.24) is 0 Å². The molecular formula is C19H18N2O3. The van der Waals surface area contributed by atoms with Gasteiger partial charge in [-0.05, 0) is 46.7 Å². The summed E-state index contributed by atoms with van der Waals surface area (Å²) in [4.78, 5) is 10.8. The van der Waals surface area contributed by atoms with Crippen LogP contribution in [0, 0.1) is 10.1 Å². The van der Waals surface area contributed by atoms with Gasteiger partial charge in [0.25, 0.3) is 0 Å². The lowest BCUT2D eigenvalue weighted by atomic mass is 10.0. The lowest BCUT2D eigenvalue weighted by Gasteiger charge is -2.17. The summed E-state index contributed by atoms with van der Waals surface area (Å²) in [6.45, 7) is -0.190. The zero-order valence-electron chi connectivity index (χ0n) is 13.3. The number of nitrogens with one attached hydrogen (secondary N) is 1. The quantitative estimate of drug-likeness (QED) is 0.543. The summed E-state index contributed by atoms with van der Waals surface area (Å²) >= 11 is 0. The molecule has 5 nitrogen and oxygen atoms in total. The molecule has 0 fully saturated rings. The van der Waals surface area contributed by atoms with Gasteiger partial charge in [0.2, 0.25) is 6.54 Å². The molecule has 122 valence electrons. The first-order valence-corrected chi connectivity index (χ1v) is 7.67. The summed E-state index contributed by atoms with van der Waals surface area (Å²) < 4.78 is 5.14. The number of nitro groups is 1. The van der Waals surface area contributed by atoms with Gasteiger partial charge in [-0.25, -0.2) is 0 Å². The standard InChI is InChI=1S/C19H18N2O3/c1-24-18-10-8-17(9-11-18)20-19(13-21(22)23)16-7-6-14-4-2-3-5-15(14)12-16/h2-12,19-20H,13H2,1H3/t19-/m0/s1. The van der Waals surface area contributed by atoms with Crippen LogP contribution in [-0.4, -0.2) is 18.6 Å². The predicted molar refractivity (Wildman–Crippen MR) is 95.2 cm³/mol. The van der Waals surface area contributed by atoms with Gasteiger partial charge in [0.15, 0.2) is 0 Å². The Morgan fingerprint density at radius 2 is 1.75 bits per heavy atom. The van der Waals surface area contributed by atoms with Gasteiger partial charge in [0, 0.05) is 10.6 Å². The number of ether oxygens (including phenoxy) is 1. The maximum atomic E-state index is 11.1. The Labute approximate surface area is 140 Å². The Kier molecular flexibility index (Phi) is 4.61. The number of hydrogen-bond acceptors (Lipinski definition) is 4. The number of rotatable bonds is 6. The predicted octanol–water partition coefficient (Wildman–Crippen LogP) is 4.28. The molecule has 24 heavy (non-hydrogen) atoms. The van der Waals surface area contributed by atoms with Gasteiger partial charge in [0.05, 0.1) is 7.11 Å². The molecule has 0 aromatic heterocycles. The van der Waals surface area contributed by atoms with E-state index in [1.54, 1.807) is 7.11 Å². The molecule has 5 heteroatoms. The third-order valence-electron chi connectivity index (χ3n) is 3.94. The van der Waals surface area contributed by atoms with Gasteiger partial charge < -0.3 is 10.1 Å². The molecule has 0 aliphatic carbocycles. The third-order valence-corrected chi connectivity index (χ3v) is 3.94. The van der Waals surface area contributed by atoms with E-state index in [2.05, 4.69) is 5.32 Å². The maximum absolute atomic E-state index is 11.1. The highest BCUT2D eigenvalue weighted by Gasteiger charge is 2.18. The van der Waals surface area contributed by atoms with E-state index in [1.807, 2.05) is 66.7 Å². The van der Waals surface area contributed by atoms with Gasteiger partial charge in [-0.3, -0.25) is 10.1 Å². The highest BCUT2D eigenvalue weighted by atomic mass is 16.6. The Balaban J connectivity index is 1.90. The van der Waals surface area contributed by atoms with E-state index in [0.29, 0.717) is 0 Å². The van der Waals surface area contributed by atoms with E-state index >= 15 is 0 Å². The molecule has 0 saturated carbocycles. The highest BCUT2D eigenvalue weighted by molar-refractivity contribution is 5.83. The first-order valence-electron chi connectivity index (χ1n) is 7.67. The van der Waals surface area contributed by atoms with Crippen LogP contribution < -0.4 is 10.1 Å². The molecule has 1 N–H and O–H groups in total. The van der Waals surface area contributed by atoms with Crippen LogP contribution >= 0.6 is 0 Å². The zero-order chi connectivity index (χ0) is 16.9. The molecule has 3 aromatic rings. The van der Waals surface area contributed by atoms with Crippen molar-refractivity contribution in [1.29, 1.82) is 0 Å². The second kappa shape index (κ2) is 7.00. The largest absolute Gasteiger partial charge is 0.497 e. The summed E-state index contributed by atoms with van der Waals surface area (Å²) in [5.74, 6) is 0.747. The van der Waals surface area contributed by atoms with Crippen molar-refractivity contribution in [3.05, 3.63) is 82.4 Å². The van der Waals surface area contributed by atoms with Crippen molar-refractivity contribution in [2.24, 2.45) is 0 Å². The Morgan fingerprint density at radius 3 is 2.42 bits per heavy atom. The molecule has 0 spiro atoms. The van der Waals surface area contributed by atoms with Gasteiger partial charge in [-0.15, -0.1) is 0 Å². The minimum atomic E-state index is -0.405. The van der Waals surface area contributed by atoms with Crippen LogP contribution in [0.4, 0.5) is 5.69 Å². The van der Waals surface area contributed by atoms with Crippen LogP contribution in [0.15, 0.2) is 66.7 Å². The summed E-state index contributed by atoms with van der Waals surface area (Å²) in [7, 11) is 1.60. The molecule has 3 aromatic carbocycles. The summed E-state index contributed by atoms with van der Waals surface area (Å²) in [5.41, 5.74) is 1.71. The number of anilines is 1. The monoisotopic (exact) mass is 322 g/mol. The van der Waals surface area contributed by atoms with E-state index in [9.17, 15) is 10.1 Å². The van der Waals surface area contributed by atoms with Gasteiger partial charge in [0.1, 0.15) is 11.8 Å². The highest BCUT2D eigenvalue weighted by Crippen LogP contribution is 2.25. The topological polar surface area (TPSA) is 64.4 Å². The third kappa shape index (κ3) is 3.63. The molecular weight excluding hydrogens is 304 g/mol. The molecule has 0 aliphatic rings. The fourth-order valence-electron chi connectivity index (χ4n) is 2.70. The zero-order valence-corrected chi connectivity index (χ0v) is 13.3. The minimum absolute atomic E-state index is 0.190. The van der Waals surface area contributed by atoms with Gasteiger partial charge in [-0.1, -0.05) is 36.4 Å². The van der Waals surface area contributed by atoms with Gasteiger partial charge >= 0.3 is 0 Å². The molecule has 3 rings (SSSR count). The van der Waals surface area contributed by atoms with E-state index < -0.39 is 6.04 Å². The minimum Gasteiger partial charge on any atom is -0.497 e. The maximum Gasteiger partial charge on any atom is 0.227 e. The lowest BCUT2D eigenvalue weighted by molar-refractivity contribution is -0.482. The first-order chi connectivity index (χ1) is 11.7. The van der Waals surface area contributed by atoms with Crippen LogP contribution in [0.1, 0.15) is 11.6 Å². The number of methoxy groups -OCH3 is 1. The summed E-state index contributed by atoms with van der Waals surface area (Å²) in [5, 5.41) is 16.5. The Morgan fingerprint density at radius 1 is 1.04 bits per heavy atom. The molecule has 0 heterocycles. The smallest absolute Gasteiger partial charge is 0.227 e. The number of benzene rings is 3. The van der Waals surface area contributed by atoms with Crippen molar-refractivity contribution in [3.63, 3.8) is 0 Å². The second-order valence-corrected chi connectivity index (χ2v) is 5.55. The molecule has 0 bridgehead atoms. The molecule has 1 atom stereocenters. The van der Waals surface area contributed by atoms with Crippen molar-refractivity contribution in [3.8, 4) is 5.75 Å². The fourth-order valence-corrected chi connectivity index (χ4v) is 2.70. The van der Waals surface area contributed by atoms with E-state index in [0.717, 1.165) is 27.8 Å².